The van der Waals surface area contributed by atoms with Crippen molar-refractivity contribution in [2.75, 3.05) is 45.8 Å². The van der Waals surface area contributed by atoms with Crippen molar-refractivity contribution >= 4 is 0 Å². The zero-order valence-corrected chi connectivity index (χ0v) is 14.0. The molecule has 0 unspecified atom stereocenters. The van der Waals surface area contributed by atoms with E-state index in [0.29, 0.717) is 0 Å². The van der Waals surface area contributed by atoms with E-state index < -0.39 is 0 Å². The van der Waals surface area contributed by atoms with Gasteiger partial charge in [0.1, 0.15) is 0 Å². The highest BCUT2D eigenvalue weighted by Gasteiger charge is 2.20. The normalized spacial score (nSPS) is 23.6. The first-order valence-corrected chi connectivity index (χ1v) is 8.73. The number of nitrogens with zero attached hydrogens (tertiary/aromatic N) is 2. The molecule has 0 saturated carbocycles. The van der Waals surface area contributed by atoms with Crippen molar-refractivity contribution in [2.45, 2.75) is 58.4 Å². The smallest absolute Gasteiger partial charge is 0.00966 e. The van der Waals surface area contributed by atoms with E-state index in [4.69, 9.17) is 0 Å². The maximum atomic E-state index is 3.66. The summed E-state index contributed by atoms with van der Waals surface area (Å²) < 4.78 is 0. The van der Waals surface area contributed by atoms with Gasteiger partial charge in [-0.15, -0.1) is 0 Å². The number of nitrogens with one attached hydrogen (secondary N) is 1. The van der Waals surface area contributed by atoms with Crippen molar-refractivity contribution in [3.8, 4) is 0 Å². The third-order valence-electron chi connectivity index (χ3n) is 4.78. The summed E-state index contributed by atoms with van der Waals surface area (Å²) in [5, 5.41) is 3.66. The van der Waals surface area contributed by atoms with Crippen molar-refractivity contribution in [3.63, 3.8) is 0 Å². The molecule has 0 aromatic heterocycles. The molecule has 118 valence electrons. The van der Waals surface area contributed by atoms with Gasteiger partial charge < -0.3 is 15.1 Å². The van der Waals surface area contributed by atoms with Gasteiger partial charge in [-0.05, 0) is 105 Å². The van der Waals surface area contributed by atoms with Crippen LogP contribution >= 0.6 is 0 Å². The Labute approximate surface area is 126 Å². The molecule has 2 rings (SSSR count). The van der Waals surface area contributed by atoms with Gasteiger partial charge in [0.05, 0.1) is 0 Å². The van der Waals surface area contributed by atoms with Gasteiger partial charge in [0.25, 0.3) is 0 Å². The Morgan fingerprint density at radius 1 is 0.900 bits per heavy atom. The molecule has 20 heavy (non-hydrogen) atoms. The second-order valence-corrected chi connectivity index (χ2v) is 7.82. The molecule has 0 radical (unpaired) electrons. The summed E-state index contributed by atoms with van der Waals surface area (Å²) in [4.78, 5) is 5.32. The third-order valence-corrected chi connectivity index (χ3v) is 4.78. The molecule has 0 spiro atoms. The van der Waals surface area contributed by atoms with Crippen LogP contribution in [-0.2, 0) is 0 Å². The fraction of sp³-hybridized carbons (Fsp3) is 1.00. The maximum Gasteiger partial charge on any atom is 0.00966 e. The van der Waals surface area contributed by atoms with Crippen LogP contribution in [0.25, 0.3) is 0 Å². The standard InChI is InChI=1S/C17H35N3/c1-17(2,3)18-15-16-7-13-20(14-8-16)12-6-11-19-9-4-5-10-19/h16,18H,4-15H2,1-3H3. The van der Waals surface area contributed by atoms with Gasteiger partial charge in [-0.3, -0.25) is 0 Å². The molecule has 2 fully saturated rings. The lowest BCUT2D eigenvalue weighted by molar-refractivity contribution is 0.168. The highest BCUT2D eigenvalue weighted by molar-refractivity contribution is 4.78. The molecular formula is C17H35N3. The van der Waals surface area contributed by atoms with E-state index in [2.05, 4.69) is 35.9 Å². The Morgan fingerprint density at radius 2 is 1.45 bits per heavy atom. The van der Waals surface area contributed by atoms with E-state index in [-0.39, 0.29) is 5.54 Å². The van der Waals surface area contributed by atoms with Gasteiger partial charge in [-0.2, -0.15) is 0 Å². The Bertz CT molecular complexity index is 258. The van der Waals surface area contributed by atoms with Crippen LogP contribution in [0.5, 0.6) is 0 Å². The van der Waals surface area contributed by atoms with Crippen molar-refractivity contribution in [1.82, 2.24) is 15.1 Å². The fourth-order valence-corrected chi connectivity index (χ4v) is 3.39. The minimum Gasteiger partial charge on any atom is -0.312 e. The molecule has 3 nitrogen and oxygen atoms in total. The van der Waals surface area contributed by atoms with E-state index in [1.807, 2.05) is 0 Å². The molecular weight excluding hydrogens is 246 g/mol. The molecule has 0 bridgehead atoms. The average molecular weight is 281 g/mol. The van der Waals surface area contributed by atoms with Gasteiger partial charge in [0.15, 0.2) is 0 Å². The molecule has 0 aliphatic carbocycles. The van der Waals surface area contributed by atoms with Crippen LogP contribution < -0.4 is 5.32 Å². The minimum absolute atomic E-state index is 0.271. The maximum absolute atomic E-state index is 3.66. The second-order valence-electron chi connectivity index (χ2n) is 7.82. The zero-order valence-electron chi connectivity index (χ0n) is 14.0. The highest BCUT2D eigenvalue weighted by atomic mass is 15.2. The molecule has 0 atom stereocenters. The first kappa shape index (κ1) is 16.3. The van der Waals surface area contributed by atoms with Crippen molar-refractivity contribution in [3.05, 3.63) is 0 Å². The number of likely N-dealkylation sites (tertiary alicyclic amines) is 2. The Kier molecular flexibility index (Phi) is 6.31. The van der Waals surface area contributed by atoms with Gasteiger partial charge in [-0.25, -0.2) is 0 Å². The summed E-state index contributed by atoms with van der Waals surface area (Å²) in [6, 6.07) is 0. The molecule has 2 aliphatic heterocycles. The summed E-state index contributed by atoms with van der Waals surface area (Å²) in [5.41, 5.74) is 0.271. The quantitative estimate of drug-likeness (QED) is 0.807. The molecule has 0 amide bonds. The molecule has 2 aliphatic rings. The minimum atomic E-state index is 0.271. The Hall–Kier alpha value is -0.120. The van der Waals surface area contributed by atoms with Crippen LogP contribution in [0.2, 0.25) is 0 Å². The summed E-state index contributed by atoms with van der Waals surface area (Å²) in [5.74, 6) is 0.893. The predicted octanol–water partition coefficient (Wildman–Crippen LogP) is 2.57. The lowest BCUT2D eigenvalue weighted by Crippen LogP contribution is -2.43. The highest BCUT2D eigenvalue weighted by Crippen LogP contribution is 2.18. The van der Waals surface area contributed by atoms with E-state index in [0.717, 1.165) is 5.92 Å². The Balaban J connectivity index is 1.52. The van der Waals surface area contributed by atoms with Gasteiger partial charge >= 0.3 is 0 Å². The van der Waals surface area contributed by atoms with Crippen molar-refractivity contribution < 1.29 is 0 Å². The lowest BCUT2D eigenvalue weighted by Gasteiger charge is -2.34. The summed E-state index contributed by atoms with van der Waals surface area (Å²) in [6.07, 6.45) is 6.98. The van der Waals surface area contributed by atoms with E-state index in [1.165, 1.54) is 77.9 Å². The third kappa shape index (κ3) is 6.11. The van der Waals surface area contributed by atoms with Crippen LogP contribution in [0.1, 0.15) is 52.9 Å². The molecule has 2 heterocycles. The van der Waals surface area contributed by atoms with Crippen molar-refractivity contribution in [1.29, 1.82) is 0 Å². The summed E-state index contributed by atoms with van der Waals surface area (Å²) >= 11 is 0. The SMILES string of the molecule is CC(C)(C)NCC1CCN(CCCN2CCCC2)CC1. The molecule has 3 heteroatoms. The van der Waals surface area contributed by atoms with Crippen LogP contribution in [0.3, 0.4) is 0 Å². The largest absolute Gasteiger partial charge is 0.312 e. The average Bonchev–Trinajstić information content (AvgIpc) is 2.90. The fourth-order valence-electron chi connectivity index (χ4n) is 3.39. The molecule has 1 N–H and O–H groups in total. The van der Waals surface area contributed by atoms with Crippen LogP contribution in [-0.4, -0.2) is 61.2 Å². The second kappa shape index (κ2) is 7.77. The first-order chi connectivity index (χ1) is 9.53. The first-order valence-electron chi connectivity index (χ1n) is 8.73. The summed E-state index contributed by atoms with van der Waals surface area (Å²) in [7, 11) is 0. The van der Waals surface area contributed by atoms with Crippen molar-refractivity contribution in [2.24, 2.45) is 5.92 Å². The molecule has 2 saturated heterocycles. The van der Waals surface area contributed by atoms with E-state index >= 15 is 0 Å². The van der Waals surface area contributed by atoms with Gasteiger partial charge in [-0.1, -0.05) is 0 Å². The lowest BCUT2D eigenvalue weighted by atomic mass is 9.95. The van der Waals surface area contributed by atoms with Crippen LogP contribution in [0, 0.1) is 5.92 Å². The Morgan fingerprint density at radius 3 is 2.00 bits per heavy atom. The monoisotopic (exact) mass is 281 g/mol. The predicted molar refractivity (Wildman–Crippen MR) is 87.2 cm³/mol. The number of piperidine rings is 1. The number of hydrogen-bond donors (Lipinski definition) is 1. The zero-order chi connectivity index (χ0) is 14.4. The van der Waals surface area contributed by atoms with Gasteiger partial charge in [0, 0.05) is 5.54 Å². The summed E-state index contributed by atoms with van der Waals surface area (Å²) in [6.45, 7) is 16.0. The van der Waals surface area contributed by atoms with E-state index in [1.54, 1.807) is 0 Å². The molecule has 0 aromatic carbocycles. The topological polar surface area (TPSA) is 18.5 Å². The van der Waals surface area contributed by atoms with Gasteiger partial charge in [0.2, 0.25) is 0 Å². The molecule has 0 aromatic rings. The van der Waals surface area contributed by atoms with Crippen LogP contribution in [0.4, 0.5) is 0 Å². The van der Waals surface area contributed by atoms with E-state index in [9.17, 15) is 0 Å². The number of rotatable bonds is 6. The van der Waals surface area contributed by atoms with Crippen LogP contribution in [0.15, 0.2) is 0 Å². The number of hydrogen-bond acceptors (Lipinski definition) is 3.